The molecule has 12 heteroatoms. The van der Waals surface area contributed by atoms with Crippen LogP contribution in [0.25, 0.3) is 0 Å². The van der Waals surface area contributed by atoms with E-state index in [0.29, 0.717) is 18.7 Å². The number of benzene rings is 1. The molecule has 0 radical (unpaired) electrons. The predicted molar refractivity (Wildman–Crippen MR) is 116 cm³/mol. The van der Waals surface area contributed by atoms with Crippen LogP contribution < -0.4 is 15.4 Å². The van der Waals surface area contributed by atoms with Crippen LogP contribution in [0, 0.1) is 16.7 Å². The molecule has 184 valence electrons. The highest BCUT2D eigenvalue weighted by atomic mass is 19.4. The second-order valence-corrected chi connectivity index (χ2v) is 8.69. The van der Waals surface area contributed by atoms with Gasteiger partial charge in [0.2, 0.25) is 11.8 Å². The van der Waals surface area contributed by atoms with Gasteiger partial charge in [-0.05, 0) is 48.9 Å². The van der Waals surface area contributed by atoms with Crippen LogP contribution in [0.15, 0.2) is 36.5 Å². The van der Waals surface area contributed by atoms with Crippen LogP contribution in [-0.4, -0.2) is 53.1 Å². The number of ether oxygens (including phenoxy) is 1. The zero-order valence-corrected chi connectivity index (χ0v) is 18.4. The van der Waals surface area contributed by atoms with E-state index in [9.17, 15) is 27.6 Å². The van der Waals surface area contributed by atoms with Gasteiger partial charge in [0.1, 0.15) is 11.7 Å². The van der Waals surface area contributed by atoms with Gasteiger partial charge >= 0.3 is 6.36 Å². The number of hydrogen-bond acceptors (Lipinski definition) is 5. The van der Waals surface area contributed by atoms with E-state index in [4.69, 9.17) is 5.26 Å². The number of likely N-dealkylation sites (tertiary alicyclic amines) is 1. The van der Waals surface area contributed by atoms with Crippen LogP contribution in [-0.2, 0) is 9.59 Å². The molecule has 0 bridgehead atoms. The second-order valence-electron chi connectivity index (χ2n) is 8.69. The first-order valence-corrected chi connectivity index (χ1v) is 10.9. The highest BCUT2D eigenvalue weighted by molar-refractivity contribution is 5.99. The molecule has 3 N–H and O–H groups in total. The van der Waals surface area contributed by atoms with E-state index in [1.807, 2.05) is 0 Å². The van der Waals surface area contributed by atoms with Gasteiger partial charge in [-0.1, -0.05) is 0 Å². The lowest BCUT2D eigenvalue weighted by molar-refractivity contribution is -0.274. The number of nitrogens with zero attached hydrogens (tertiary/aromatic N) is 2. The summed E-state index contributed by atoms with van der Waals surface area (Å²) in [5.41, 5.74) is -0.139. The van der Waals surface area contributed by atoms with Gasteiger partial charge in [0.25, 0.3) is 5.91 Å². The van der Waals surface area contributed by atoms with Gasteiger partial charge < -0.3 is 25.3 Å². The fourth-order valence-corrected chi connectivity index (χ4v) is 4.21. The zero-order chi connectivity index (χ0) is 25.2. The number of carbonyl (C=O) groups is 3. The molecule has 1 aromatic heterocycles. The lowest BCUT2D eigenvalue weighted by Crippen LogP contribution is -2.44. The van der Waals surface area contributed by atoms with Gasteiger partial charge in [-0.2, -0.15) is 5.26 Å². The van der Waals surface area contributed by atoms with E-state index in [1.54, 1.807) is 24.4 Å². The molecule has 0 unspecified atom stereocenters. The average molecular weight is 489 g/mol. The van der Waals surface area contributed by atoms with E-state index in [2.05, 4.69) is 20.4 Å². The van der Waals surface area contributed by atoms with Crippen molar-refractivity contribution in [1.82, 2.24) is 15.2 Å². The molecule has 1 aliphatic heterocycles. The summed E-state index contributed by atoms with van der Waals surface area (Å²) < 4.78 is 42.5. The summed E-state index contributed by atoms with van der Waals surface area (Å²) in [5.74, 6) is -2.06. The number of rotatable bonds is 7. The fourth-order valence-electron chi connectivity index (χ4n) is 4.21. The van der Waals surface area contributed by atoms with Crippen LogP contribution in [0.5, 0.6) is 5.75 Å². The molecule has 35 heavy (non-hydrogen) atoms. The molecule has 1 spiro atoms. The van der Waals surface area contributed by atoms with Crippen molar-refractivity contribution < 1.29 is 32.3 Å². The molecule has 1 atom stereocenters. The molecule has 3 amide bonds. The van der Waals surface area contributed by atoms with Crippen LogP contribution >= 0.6 is 0 Å². The van der Waals surface area contributed by atoms with Crippen LogP contribution in [0.2, 0.25) is 0 Å². The molecule has 1 aromatic carbocycles. The predicted octanol–water partition coefficient (Wildman–Crippen LogP) is 2.92. The number of alkyl halides is 3. The maximum absolute atomic E-state index is 13.1. The van der Waals surface area contributed by atoms with Gasteiger partial charge in [-0.15, -0.1) is 13.2 Å². The molecule has 2 aromatic rings. The number of carbonyl (C=O) groups excluding carboxylic acids is 3. The Morgan fingerprint density at radius 3 is 2.66 bits per heavy atom. The summed E-state index contributed by atoms with van der Waals surface area (Å²) in [6.07, 6.45) is -1.36. The third kappa shape index (κ3) is 5.74. The number of hydrogen-bond donors (Lipinski definition) is 3. The topological polar surface area (TPSA) is 127 Å². The molecule has 2 heterocycles. The summed E-state index contributed by atoms with van der Waals surface area (Å²) in [7, 11) is 0. The minimum Gasteiger partial charge on any atom is -0.404 e. The van der Waals surface area contributed by atoms with Crippen molar-refractivity contribution in [2.24, 2.45) is 5.41 Å². The van der Waals surface area contributed by atoms with Crippen molar-refractivity contribution in [2.45, 2.75) is 38.1 Å². The van der Waals surface area contributed by atoms with Gasteiger partial charge in [0, 0.05) is 31.8 Å². The Labute approximate surface area is 198 Å². The molecule has 2 aliphatic rings. The monoisotopic (exact) mass is 489 g/mol. The number of halogens is 3. The van der Waals surface area contributed by atoms with E-state index < -0.39 is 24.1 Å². The highest BCUT2D eigenvalue weighted by Gasteiger charge is 2.55. The summed E-state index contributed by atoms with van der Waals surface area (Å²) >= 11 is 0. The molecule has 9 nitrogen and oxygen atoms in total. The SMILES string of the molecule is N#Cc1ccc(NC(=O)[C@H]2CC3(CC3)CN2C(=O)CCNC(=O)c2ccc[nH]2)c(OC(F)(F)F)c1. The standard InChI is InChI=1S/C23H22F3N5O4/c24-23(25,26)35-18-10-14(12-27)3-4-15(18)30-21(34)17-11-22(6-7-22)13-31(17)19(32)5-9-29-20(33)16-2-1-8-28-16/h1-4,8,10,17,28H,5-7,9,11,13H2,(H,29,33)(H,30,34)/t17-/m1/s1. The summed E-state index contributed by atoms with van der Waals surface area (Å²) in [6.45, 7) is 0.432. The van der Waals surface area contributed by atoms with Crippen LogP contribution in [0.1, 0.15) is 41.7 Å². The van der Waals surface area contributed by atoms with Crippen LogP contribution in [0.3, 0.4) is 0 Å². The Balaban J connectivity index is 1.43. The van der Waals surface area contributed by atoms with Gasteiger partial charge in [-0.25, -0.2) is 0 Å². The van der Waals surface area contributed by atoms with Gasteiger partial charge in [0.15, 0.2) is 5.75 Å². The van der Waals surface area contributed by atoms with Crippen molar-refractivity contribution >= 4 is 23.4 Å². The van der Waals surface area contributed by atoms with E-state index in [0.717, 1.165) is 25.0 Å². The Bertz CT molecular complexity index is 1170. The molecule has 4 rings (SSSR count). The Morgan fingerprint density at radius 2 is 2.03 bits per heavy atom. The third-order valence-corrected chi connectivity index (χ3v) is 6.15. The number of aromatic nitrogens is 1. The largest absolute Gasteiger partial charge is 0.573 e. The number of nitrogens with one attached hydrogen (secondary N) is 3. The van der Waals surface area contributed by atoms with Crippen molar-refractivity contribution in [2.75, 3.05) is 18.4 Å². The quantitative estimate of drug-likeness (QED) is 0.551. The average Bonchev–Trinajstić information content (AvgIpc) is 3.19. The minimum atomic E-state index is -5.02. The molecule has 1 saturated heterocycles. The maximum Gasteiger partial charge on any atom is 0.573 e. The number of amides is 3. The van der Waals surface area contributed by atoms with E-state index in [1.165, 1.54) is 11.0 Å². The first-order chi connectivity index (χ1) is 16.6. The van der Waals surface area contributed by atoms with Gasteiger partial charge in [0.05, 0.1) is 17.3 Å². The Kier molecular flexibility index (Phi) is 6.43. The molecular formula is C23H22F3N5O4. The number of nitriles is 1. The van der Waals surface area contributed by atoms with Crippen molar-refractivity contribution in [3.63, 3.8) is 0 Å². The van der Waals surface area contributed by atoms with Gasteiger partial charge in [-0.3, -0.25) is 14.4 Å². The van der Waals surface area contributed by atoms with E-state index >= 15 is 0 Å². The smallest absolute Gasteiger partial charge is 0.404 e. The maximum atomic E-state index is 13.1. The Morgan fingerprint density at radius 1 is 1.26 bits per heavy atom. The fraction of sp³-hybridized carbons (Fsp3) is 0.391. The Hall–Kier alpha value is -4.01. The summed E-state index contributed by atoms with van der Waals surface area (Å²) in [5, 5.41) is 14.0. The summed E-state index contributed by atoms with van der Waals surface area (Å²) in [6, 6.07) is 7.40. The number of anilines is 1. The van der Waals surface area contributed by atoms with E-state index in [-0.39, 0.29) is 41.4 Å². The molecule has 2 fully saturated rings. The number of H-pyrrole nitrogens is 1. The third-order valence-electron chi connectivity index (χ3n) is 6.15. The molecule has 1 aliphatic carbocycles. The second kappa shape index (κ2) is 9.32. The van der Waals surface area contributed by atoms with Crippen molar-refractivity contribution in [3.05, 3.63) is 47.8 Å². The first-order valence-electron chi connectivity index (χ1n) is 10.9. The minimum absolute atomic E-state index is 0.0361. The highest BCUT2D eigenvalue weighted by Crippen LogP contribution is 2.55. The number of aromatic amines is 1. The van der Waals surface area contributed by atoms with Crippen LogP contribution in [0.4, 0.5) is 18.9 Å². The van der Waals surface area contributed by atoms with Crippen molar-refractivity contribution in [1.29, 1.82) is 5.26 Å². The lowest BCUT2D eigenvalue weighted by atomic mass is 10.0. The molecule has 1 saturated carbocycles. The van der Waals surface area contributed by atoms with Crippen molar-refractivity contribution in [3.8, 4) is 11.8 Å². The normalized spacial score (nSPS) is 18.1. The summed E-state index contributed by atoms with van der Waals surface area (Å²) in [4.78, 5) is 42.2. The molecular weight excluding hydrogens is 467 g/mol. The lowest BCUT2D eigenvalue weighted by Gasteiger charge is -2.24. The zero-order valence-electron chi connectivity index (χ0n) is 18.4. The first kappa shape index (κ1) is 24.1.